The molecule has 0 aliphatic rings. The smallest absolute Gasteiger partial charge is 0.271 e. The minimum atomic E-state index is -0.710. The topological polar surface area (TPSA) is 154 Å². The van der Waals surface area contributed by atoms with Gasteiger partial charge in [-0.1, -0.05) is 18.2 Å². The van der Waals surface area contributed by atoms with Crippen LogP contribution in [-0.2, 0) is 11.3 Å². The predicted molar refractivity (Wildman–Crippen MR) is 110 cm³/mol. The van der Waals surface area contributed by atoms with Crippen LogP contribution in [0, 0.1) is 24.0 Å². The molecule has 3 rings (SSSR count). The lowest BCUT2D eigenvalue weighted by atomic mass is 10.1. The van der Waals surface area contributed by atoms with Crippen LogP contribution in [0.1, 0.15) is 41.8 Å². The van der Waals surface area contributed by atoms with Gasteiger partial charge in [0.15, 0.2) is 5.69 Å². The first-order valence-electron chi connectivity index (χ1n) is 9.41. The Morgan fingerprint density at radius 2 is 1.77 bits per heavy atom. The SMILES string of the molecule is Cc1nn(CC(=O)NNC(=O)c2nn(C(C)C)c(=O)c3ccccc23)c(C)c1[N+](=O)[O-]. The van der Waals surface area contributed by atoms with E-state index in [9.17, 15) is 24.5 Å². The summed E-state index contributed by atoms with van der Waals surface area (Å²) in [5.41, 5.74) is 4.42. The maximum absolute atomic E-state index is 12.7. The van der Waals surface area contributed by atoms with Crippen molar-refractivity contribution in [1.82, 2.24) is 30.4 Å². The molecule has 12 nitrogen and oxygen atoms in total. The molecule has 3 aromatic rings. The molecule has 2 N–H and O–H groups in total. The van der Waals surface area contributed by atoms with Gasteiger partial charge in [-0.3, -0.25) is 40.0 Å². The molecule has 0 saturated carbocycles. The molecule has 2 aromatic heterocycles. The highest BCUT2D eigenvalue weighted by Gasteiger charge is 2.23. The van der Waals surface area contributed by atoms with Crippen molar-refractivity contribution in [1.29, 1.82) is 0 Å². The largest absolute Gasteiger partial charge is 0.312 e. The third kappa shape index (κ3) is 4.13. The summed E-state index contributed by atoms with van der Waals surface area (Å²) in [5, 5.41) is 19.9. The first-order chi connectivity index (χ1) is 14.6. The van der Waals surface area contributed by atoms with Crippen LogP contribution >= 0.6 is 0 Å². The lowest BCUT2D eigenvalue weighted by Gasteiger charge is -2.14. The Morgan fingerprint density at radius 3 is 2.35 bits per heavy atom. The minimum Gasteiger partial charge on any atom is -0.271 e. The first-order valence-corrected chi connectivity index (χ1v) is 9.41. The number of amides is 2. The molecule has 0 fully saturated rings. The predicted octanol–water partition coefficient (Wildman–Crippen LogP) is 1.16. The molecule has 162 valence electrons. The normalized spacial score (nSPS) is 11.0. The molecule has 1 aromatic carbocycles. The molecule has 31 heavy (non-hydrogen) atoms. The van der Waals surface area contributed by atoms with Crippen LogP contribution in [0.4, 0.5) is 5.69 Å². The van der Waals surface area contributed by atoms with Gasteiger partial charge in [0.1, 0.15) is 17.9 Å². The number of aromatic nitrogens is 4. The summed E-state index contributed by atoms with van der Waals surface area (Å²) in [6, 6.07) is 6.28. The zero-order valence-electron chi connectivity index (χ0n) is 17.4. The molecule has 0 radical (unpaired) electrons. The van der Waals surface area contributed by atoms with E-state index in [1.54, 1.807) is 38.1 Å². The van der Waals surface area contributed by atoms with Gasteiger partial charge in [-0.2, -0.15) is 10.2 Å². The maximum atomic E-state index is 12.7. The summed E-state index contributed by atoms with van der Waals surface area (Å²) in [6.07, 6.45) is 0. The van der Waals surface area contributed by atoms with Crippen LogP contribution in [0.15, 0.2) is 29.1 Å². The second-order valence-corrected chi connectivity index (χ2v) is 7.17. The van der Waals surface area contributed by atoms with E-state index < -0.39 is 16.7 Å². The van der Waals surface area contributed by atoms with Gasteiger partial charge >= 0.3 is 5.69 Å². The molecule has 12 heteroatoms. The van der Waals surface area contributed by atoms with Crippen LogP contribution < -0.4 is 16.4 Å². The van der Waals surface area contributed by atoms with E-state index in [4.69, 9.17) is 0 Å². The number of hydrogen-bond donors (Lipinski definition) is 2. The molecular weight excluding hydrogens is 406 g/mol. The average Bonchev–Trinajstić information content (AvgIpc) is 2.99. The maximum Gasteiger partial charge on any atom is 0.312 e. The van der Waals surface area contributed by atoms with Gasteiger partial charge in [-0.05, 0) is 33.8 Å². The lowest BCUT2D eigenvalue weighted by Crippen LogP contribution is -2.44. The van der Waals surface area contributed by atoms with E-state index in [1.807, 2.05) is 0 Å². The number of aryl methyl sites for hydroxylation is 1. The summed E-state index contributed by atoms with van der Waals surface area (Å²) >= 11 is 0. The van der Waals surface area contributed by atoms with Crippen molar-refractivity contribution >= 4 is 28.3 Å². The van der Waals surface area contributed by atoms with E-state index in [2.05, 4.69) is 21.0 Å². The number of nitrogens with zero attached hydrogens (tertiary/aromatic N) is 5. The van der Waals surface area contributed by atoms with Crippen LogP contribution in [0.3, 0.4) is 0 Å². The fourth-order valence-electron chi connectivity index (χ4n) is 3.19. The second-order valence-electron chi connectivity index (χ2n) is 7.17. The van der Waals surface area contributed by atoms with Crippen molar-refractivity contribution in [2.24, 2.45) is 0 Å². The quantitative estimate of drug-likeness (QED) is 0.457. The highest BCUT2D eigenvalue weighted by atomic mass is 16.6. The van der Waals surface area contributed by atoms with Gasteiger partial charge in [0, 0.05) is 5.39 Å². The highest BCUT2D eigenvalue weighted by molar-refractivity contribution is 6.05. The average molecular weight is 427 g/mol. The molecule has 2 amide bonds. The molecule has 0 aliphatic carbocycles. The Bertz CT molecular complexity index is 1260. The molecule has 0 saturated heterocycles. The van der Waals surface area contributed by atoms with Crippen LogP contribution in [0.25, 0.3) is 10.8 Å². The number of nitrogens with one attached hydrogen (secondary N) is 2. The van der Waals surface area contributed by atoms with Crippen molar-refractivity contribution in [2.45, 2.75) is 40.3 Å². The number of hydrogen-bond acceptors (Lipinski definition) is 7. The molecule has 0 atom stereocenters. The van der Waals surface area contributed by atoms with E-state index in [0.717, 1.165) is 0 Å². The molecular formula is C19H21N7O5. The van der Waals surface area contributed by atoms with Crippen LogP contribution in [0.5, 0.6) is 0 Å². The Balaban J connectivity index is 1.80. The molecule has 2 heterocycles. The zero-order valence-corrected chi connectivity index (χ0v) is 17.4. The van der Waals surface area contributed by atoms with Gasteiger partial charge in [0.2, 0.25) is 0 Å². The number of rotatable bonds is 5. The fourth-order valence-corrected chi connectivity index (χ4v) is 3.19. The van der Waals surface area contributed by atoms with Gasteiger partial charge < -0.3 is 0 Å². The monoisotopic (exact) mass is 427 g/mol. The summed E-state index contributed by atoms with van der Waals surface area (Å²) in [5.74, 6) is -1.35. The van der Waals surface area contributed by atoms with Crippen molar-refractivity contribution in [3.8, 4) is 0 Å². The summed E-state index contributed by atoms with van der Waals surface area (Å²) in [6.45, 7) is 6.15. The number of benzene rings is 1. The van der Waals surface area contributed by atoms with Crippen molar-refractivity contribution in [2.75, 3.05) is 0 Å². The van der Waals surface area contributed by atoms with Crippen LogP contribution in [0.2, 0.25) is 0 Å². The van der Waals surface area contributed by atoms with E-state index in [0.29, 0.717) is 10.8 Å². The Hall–Kier alpha value is -4.09. The third-order valence-electron chi connectivity index (χ3n) is 4.67. The second kappa shape index (κ2) is 8.34. The van der Waals surface area contributed by atoms with Crippen molar-refractivity contribution in [3.63, 3.8) is 0 Å². The molecule has 0 unspecified atom stereocenters. The standard InChI is InChI=1S/C19H21N7O5/c1-10(2)25-19(29)14-8-6-5-7-13(14)16(23-25)18(28)21-20-15(27)9-24-12(4)17(26(30)31)11(3)22-24/h5-8,10H,9H2,1-4H3,(H,20,27)(H,21,28). The van der Waals surface area contributed by atoms with Crippen molar-refractivity contribution < 1.29 is 14.5 Å². The van der Waals surface area contributed by atoms with Gasteiger partial charge in [-0.25, -0.2) is 4.68 Å². The minimum absolute atomic E-state index is 0.0223. The number of hydrazine groups is 1. The van der Waals surface area contributed by atoms with E-state index >= 15 is 0 Å². The fraction of sp³-hybridized carbons (Fsp3) is 0.316. The van der Waals surface area contributed by atoms with Gasteiger partial charge in [0.25, 0.3) is 17.4 Å². The van der Waals surface area contributed by atoms with Gasteiger partial charge in [-0.15, -0.1) is 0 Å². The Labute approximate surface area is 176 Å². The van der Waals surface area contributed by atoms with Crippen LogP contribution in [-0.4, -0.2) is 36.3 Å². The first kappa shape index (κ1) is 21.6. The number of fused-ring (bicyclic) bond motifs is 1. The summed E-state index contributed by atoms with van der Waals surface area (Å²) < 4.78 is 2.38. The highest BCUT2D eigenvalue weighted by Crippen LogP contribution is 2.21. The van der Waals surface area contributed by atoms with E-state index in [-0.39, 0.29) is 40.9 Å². The zero-order chi connectivity index (χ0) is 22.9. The molecule has 0 bridgehead atoms. The lowest BCUT2D eigenvalue weighted by molar-refractivity contribution is -0.386. The Morgan fingerprint density at radius 1 is 1.13 bits per heavy atom. The third-order valence-corrected chi connectivity index (χ3v) is 4.67. The van der Waals surface area contributed by atoms with Crippen molar-refractivity contribution in [3.05, 3.63) is 61.8 Å². The number of carbonyl (C=O) groups is 2. The number of carbonyl (C=O) groups excluding carboxylic acids is 2. The summed E-state index contributed by atoms with van der Waals surface area (Å²) in [4.78, 5) is 48.0. The van der Waals surface area contributed by atoms with Gasteiger partial charge in [0.05, 0.1) is 16.4 Å². The molecule has 0 spiro atoms. The molecule has 0 aliphatic heterocycles. The van der Waals surface area contributed by atoms with E-state index in [1.165, 1.54) is 23.2 Å². The summed E-state index contributed by atoms with van der Waals surface area (Å²) in [7, 11) is 0. The Kier molecular flexibility index (Phi) is 5.81. The number of nitro groups is 1.